The van der Waals surface area contributed by atoms with Crippen LogP contribution in [0.3, 0.4) is 0 Å². The van der Waals surface area contributed by atoms with E-state index in [2.05, 4.69) is 67.5 Å². The van der Waals surface area contributed by atoms with Gasteiger partial charge in [-0.05, 0) is 67.0 Å². The molecule has 0 saturated carbocycles. The number of hydrogen-bond donors (Lipinski definition) is 0. The number of aromatic nitrogens is 1. The van der Waals surface area contributed by atoms with Gasteiger partial charge in [0.15, 0.2) is 0 Å². The summed E-state index contributed by atoms with van der Waals surface area (Å²) in [6, 6.07) is 12.4. The molecule has 0 radical (unpaired) electrons. The van der Waals surface area contributed by atoms with Gasteiger partial charge in [-0.1, -0.05) is 73.7 Å². The Morgan fingerprint density at radius 3 is 2.34 bits per heavy atom. The van der Waals surface area contributed by atoms with Crippen molar-refractivity contribution in [3.8, 4) is 11.1 Å². The van der Waals surface area contributed by atoms with Gasteiger partial charge in [-0.15, -0.1) is 0 Å². The minimum absolute atomic E-state index is 0.274. The molecule has 0 spiro atoms. The molecule has 0 amide bonds. The summed E-state index contributed by atoms with van der Waals surface area (Å²) >= 11 is 0. The molecule has 0 atom stereocenters. The van der Waals surface area contributed by atoms with E-state index in [1.807, 2.05) is 18.3 Å². The Kier molecular flexibility index (Phi) is 9.04. The van der Waals surface area contributed by atoms with Gasteiger partial charge in [0, 0.05) is 18.8 Å². The van der Waals surface area contributed by atoms with Gasteiger partial charge in [0.25, 0.3) is 0 Å². The zero-order valence-electron chi connectivity index (χ0n) is 17.7. The molecule has 1 aromatic carbocycles. The molecule has 0 bridgehead atoms. The fourth-order valence-electron chi connectivity index (χ4n) is 3.21. The molecule has 1 aromatic heterocycles. The number of unbranched alkanes of at least 4 members (excludes halogenated alkanes) is 2. The molecule has 2 nitrogen and oxygen atoms in total. The van der Waals surface area contributed by atoms with Crippen LogP contribution in [0.5, 0.6) is 0 Å². The Labute approximate surface area is 175 Å². The number of carbonyl (C=O) groups is 1. The lowest BCUT2D eigenvalue weighted by Gasteiger charge is -2.11. The highest BCUT2D eigenvalue weighted by Crippen LogP contribution is 2.27. The fraction of sp³-hybridized carbons (Fsp3) is 0.259. The number of ketones is 1. The number of allylic oxidation sites excluding steroid dienone is 6. The van der Waals surface area contributed by atoms with E-state index in [1.54, 1.807) is 13.1 Å². The standard InChI is InChI=1S/C27H31NO/c1-5-23(12-9-7-8-11-21(3)29)19-24(6-2)22(4)25-14-16-26(17-15-25)27-13-10-18-28-20-27/h5-6,10,13-20H,2,4,7-9,11-12H2,1,3H3/b23-5-,24-19+. The van der Waals surface area contributed by atoms with Crippen LogP contribution in [-0.2, 0) is 4.79 Å². The third-order valence-corrected chi connectivity index (χ3v) is 5.00. The molecule has 150 valence electrons. The number of pyridine rings is 1. The maximum Gasteiger partial charge on any atom is 0.129 e. The first kappa shape index (κ1) is 22.3. The molecule has 2 rings (SSSR count). The topological polar surface area (TPSA) is 30.0 Å². The average molecular weight is 386 g/mol. The summed E-state index contributed by atoms with van der Waals surface area (Å²) in [5.41, 5.74) is 6.60. The molecular formula is C27H31NO. The third-order valence-electron chi connectivity index (χ3n) is 5.00. The van der Waals surface area contributed by atoms with E-state index < -0.39 is 0 Å². The van der Waals surface area contributed by atoms with Crippen LogP contribution in [0.25, 0.3) is 16.7 Å². The van der Waals surface area contributed by atoms with Crippen molar-refractivity contribution in [3.63, 3.8) is 0 Å². The number of carbonyl (C=O) groups excluding carboxylic acids is 1. The van der Waals surface area contributed by atoms with E-state index in [-0.39, 0.29) is 5.78 Å². The number of nitrogens with zero attached hydrogens (tertiary/aromatic N) is 1. The summed E-state index contributed by atoms with van der Waals surface area (Å²) < 4.78 is 0. The van der Waals surface area contributed by atoms with Gasteiger partial charge < -0.3 is 4.79 Å². The number of Topliss-reactive ketones (excluding diaryl/α,β-unsaturated/α-hetero) is 1. The molecule has 0 aliphatic rings. The molecule has 0 unspecified atom stereocenters. The maximum atomic E-state index is 11.0. The SMILES string of the molecule is C=C/C(=C\C(=C/C)CCCCCC(C)=O)C(=C)c1ccc(-c2cccnc2)cc1. The first-order valence-electron chi connectivity index (χ1n) is 10.2. The van der Waals surface area contributed by atoms with Crippen molar-refractivity contribution in [3.05, 3.63) is 96.9 Å². The second kappa shape index (κ2) is 11.8. The van der Waals surface area contributed by atoms with Gasteiger partial charge in [0.05, 0.1) is 0 Å². The average Bonchev–Trinajstić information content (AvgIpc) is 2.75. The molecule has 0 fully saturated rings. The lowest BCUT2D eigenvalue weighted by atomic mass is 9.94. The molecule has 0 N–H and O–H groups in total. The van der Waals surface area contributed by atoms with E-state index in [0.29, 0.717) is 6.42 Å². The van der Waals surface area contributed by atoms with Gasteiger partial charge in [0.2, 0.25) is 0 Å². The lowest BCUT2D eigenvalue weighted by molar-refractivity contribution is -0.117. The van der Waals surface area contributed by atoms with Crippen LogP contribution in [0, 0.1) is 0 Å². The van der Waals surface area contributed by atoms with E-state index in [1.165, 1.54) is 5.57 Å². The van der Waals surface area contributed by atoms with Crippen LogP contribution in [0.2, 0.25) is 0 Å². The second-order valence-corrected chi connectivity index (χ2v) is 7.23. The van der Waals surface area contributed by atoms with Crippen molar-refractivity contribution in [1.82, 2.24) is 4.98 Å². The van der Waals surface area contributed by atoms with E-state index in [9.17, 15) is 4.79 Å². The van der Waals surface area contributed by atoms with Gasteiger partial charge in [-0.25, -0.2) is 0 Å². The van der Waals surface area contributed by atoms with Crippen LogP contribution >= 0.6 is 0 Å². The van der Waals surface area contributed by atoms with Crippen molar-refractivity contribution in [1.29, 1.82) is 0 Å². The summed E-state index contributed by atoms with van der Waals surface area (Å²) in [6.07, 6.45) is 14.7. The van der Waals surface area contributed by atoms with Gasteiger partial charge >= 0.3 is 0 Å². The Morgan fingerprint density at radius 2 is 1.76 bits per heavy atom. The number of benzene rings is 1. The van der Waals surface area contributed by atoms with Gasteiger partial charge in [-0.2, -0.15) is 0 Å². The molecule has 2 aromatic rings. The van der Waals surface area contributed by atoms with E-state index in [4.69, 9.17) is 0 Å². The van der Waals surface area contributed by atoms with Gasteiger partial charge in [-0.3, -0.25) is 4.98 Å². The van der Waals surface area contributed by atoms with Gasteiger partial charge in [0.1, 0.15) is 5.78 Å². The third kappa shape index (κ3) is 7.15. The summed E-state index contributed by atoms with van der Waals surface area (Å²) in [4.78, 5) is 15.2. The molecule has 2 heteroatoms. The van der Waals surface area contributed by atoms with Crippen LogP contribution in [-0.4, -0.2) is 10.8 Å². The molecule has 0 aliphatic carbocycles. The molecule has 0 saturated heterocycles. The summed E-state index contributed by atoms with van der Waals surface area (Å²) in [5.74, 6) is 0.274. The normalized spacial score (nSPS) is 11.9. The highest BCUT2D eigenvalue weighted by molar-refractivity contribution is 5.81. The Balaban J connectivity index is 2.04. The maximum absolute atomic E-state index is 11.0. The van der Waals surface area contributed by atoms with Crippen molar-refractivity contribution >= 4 is 11.4 Å². The zero-order chi connectivity index (χ0) is 21.1. The quantitative estimate of drug-likeness (QED) is 0.299. The van der Waals surface area contributed by atoms with Crippen molar-refractivity contribution in [2.75, 3.05) is 0 Å². The van der Waals surface area contributed by atoms with Crippen LogP contribution in [0.4, 0.5) is 0 Å². The fourth-order valence-corrected chi connectivity index (χ4v) is 3.21. The van der Waals surface area contributed by atoms with E-state index in [0.717, 1.165) is 53.5 Å². The van der Waals surface area contributed by atoms with Crippen LogP contribution < -0.4 is 0 Å². The predicted molar refractivity (Wildman–Crippen MR) is 125 cm³/mol. The smallest absolute Gasteiger partial charge is 0.129 e. The van der Waals surface area contributed by atoms with E-state index >= 15 is 0 Å². The van der Waals surface area contributed by atoms with Crippen molar-refractivity contribution in [2.45, 2.75) is 46.0 Å². The number of rotatable bonds is 11. The van der Waals surface area contributed by atoms with Crippen molar-refractivity contribution in [2.24, 2.45) is 0 Å². The number of hydrogen-bond acceptors (Lipinski definition) is 2. The molecular weight excluding hydrogens is 354 g/mol. The molecule has 0 aliphatic heterocycles. The summed E-state index contributed by atoms with van der Waals surface area (Å²) in [5, 5.41) is 0. The lowest BCUT2D eigenvalue weighted by Crippen LogP contribution is -1.91. The Bertz CT molecular complexity index is 886. The summed E-state index contributed by atoms with van der Waals surface area (Å²) in [6.45, 7) is 12.0. The Hall–Kier alpha value is -3.00. The molecule has 29 heavy (non-hydrogen) atoms. The first-order valence-corrected chi connectivity index (χ1v) is 10.2. The first-order chi connectivity index (χ1) is 14.0. The largest absolute Gasteiger partial charge is 0.300 e. The minimum atomic E-state index is 0.274. The van der Waals surface area contributed by atoms with Crippen molar-refractivity contribution < 1.29 is 4.79 Å². The zero-order valence-corrected chi connectivity index (χ0v) is 17.7. The second-order valence-electron chi connectivity index (χ2n) is 7.23. The van der Waals surface area contributed by atoms with Crippen LogP contribution in [0.1, 0.15) is 51.5 Å². The minimum Gasteiger partial charge on any atom is -0.300 e. The Morgan fingerprint density at radius 1 is 1.03 bits per heavy atom. The summed E-state index contributed by atoms with van der Waals surface area (Å²) in [7, 11) is 0. The van der Waals surface area contributed by atoms with Crippen LogP contribution in [0.15, 0.2) is 91.3 Å². The monoisotopic (exact) mass is 385 g/mol. The highest BCUT2D eigenvalue weighted by atomic mass is 16.1. The molecule has 1 heterocycles. The predicted octanol–water partition coefficient (Wildman–Crippen LogP) is 7.36. The highest BCUT2D eigenvalue weighted by Gasteiger charge is 2.06.